The molecule has 5 nitrogen and oxygen atoms in total. The highest BCUT2D eigenvalue weighted by Crippen LogP contribution is 2.19. The lowest BCUT2D eigenvalue weighted by molar-refractivity contribution is 0.637. The van der Waals surface area contributed by atoms with Crippen molar-refractivity contribution in [1.82, 2.24) is 20.0 Å². The predicted octanol–water partition coefficient (Wildman–Crippen LogP) is 2.19. The van der Waals surface area contributed by atoms with Gasteiger partial charge in [0.1, 0.15) is 0 Å². The van der Waals surface area contributed by atoms with Crippen LogP contribution in [0.1, 0.15) is 49.0 Å². The van der Waals surface area contributed by atoms with Gasteiger partial charge >= 0.3 is 0 Å². The lowest BCUT2D eigenvalue weighted by atomic mass is 10.2. The molecule has 0 saturated carbocycles. The van der Waals surface area contributed by atoms with Gasteiger partial charge in [0.15, 0.2) is 0 Å². The van der Waals surface area contributed by atoms with E-state index in [4.69, 9.17) is 5.73 Å². The minimum absolute atomic E-state index is 0.487. The van der Waals surface area contributed by atoms with E-state index in [2.05, 4.69) is 34.5 Å². The lowest BCUT2D eigenvalue weighted by Gasteiger charge is -1.98. The van der Waals surface area contributed by atoms with Gasteiger partial charge in [-0.3, -0.25) is 0 Å². The fourth-order valence-electron chi connectivity index (χ4n) is 1.81. The summed E-state index contributed by atoms with van der Waals surface area (Å²) in [5, 5.41) is 11.6. The third-order valence-corrected chi connectivity index (χ3v) is 4.05. The van der Waals surface area contributed by atoms with Gasteiger partial charge < -0.3 is 5.73 Å². The second-order valence-corrected chi connectivity index (χ2v) is 5.87. The van der Waals surface area contributed by atoms with E-state index in [0.717, 1.165) is 37.2 Å². The van der Waals surface area contributed by atoms with E-state index in [1.807, 2.05) is 10.9 Å². The molecule has 0 amide bonds. The first kappa shape index (κ1) is 14.1. The lowest BCUT2D eigenvalue weighted by Crippen LogP contribution is -2.01. The zero-order chi connectivity index (χ0) is 13.7. The van der Waals surface area contributed by atoms with Gasteiger partial charge in [0, 0.05) is 17.5 Å². The van der Waals surface area contributed by atoms with Crippen molar-refractivity contribution in [3.8, 4) is 0 Å². The molecule has 0 fully saturated rings. The van der Waals surface area contributed by atoms with Crippen LogP contribution in [-0.4, -0.2) is 26.5 Å². The average Bonchev–Trinajstić information content (AvgIpc) is 3.00. The van der Waals surface area contributed by atoms with E-state index in [1.54, 1.807) is 11.3 Å². The molecule has 2 aromatic rings. The summed E-state index contributed by atoms with van der Waals surface area (Å²) in [6, 6.07) is 0. The van der Waals surface area contributed by atoms with Crippen LogP contribution in [0, 0.1) is 0 Å². The standard InChI is InChI=1S/C13H21N5S/c1-10(2)13-15-12(9-19-13)8-18-7-11(16-17-18)5-3-4-6-14/h7,9-10H,3-6,8,14H2,1-2H3. The molecule has 0 radical (unpaired) electrons. The summed E-state index contributed by atoms with van der Waals surface area (Å²) < 4.78 is 1.86. The summed E-state index contributed by atoms with van der Waals surface area (Å²) >= 11 is 1.71. The SMILES string of the molecule is CC(C)c1nc(Cn2cc(CCCCN)nn2)cs1. The Balaban J connectivity index is 1.91. The van der Waals surface area contributed by atoms with Gasteiger partial charge in [-0.1, -0.05) is 19.1 Å². The smallest absolute Gasteiger partial charge is 0.0954 e. The molecule has 19 heavy (non-hydrogen) atoms. The van der Waals surface area contributed by atoms with Gasteiger partial charge in [0.2, 0.25) is 0 Å². The Kier molecular flexibility index (Phi) is 5.04. The third-order valence-electron chi connectivity index (χ3n) is 2.86. The molecule has 0 bridgehead atoms. The molecule has 104 valence electrons. The number of hydrogen-bond acceptors (Lipinski definition) is 5. The highest BCUT2D eigenvalue weighted by atomic mass is 32.1. The molecule has 2 aromatic heterocycles. The minimum atomic E-state index is 0.487. The van der Waals surface area contributed by atoms with Gasteiger partial charge in [-0.15, -0.1) is 16.4 Å². The van der Waals surface area contributed by atoms with Crippen molar-refractivity contribution in [3.05, 3.63) is 28.0 Å². The Morgan fingerprint density at radius 1 is 1.32 bits per heavy atom. The van der Waals surface area contributed by atoms with Gasteiger partial charge in [-0.25, -0.2) is 9.67 Å². The number of nitrogens with zero attached hydrogens (tertiary/aromatic N) is 4. The molecular formula is C13H21N5S. The molecule has 2 N–H and O–H groups in total. The van der Waals surface area contributed by atoms with Crippen molar-refractivity contribution >= 4 is 11.3 Å². The van der Waals surface area contributed by atoms with E-state index in [1.165, 1.54) is 5.01 Å². The van der Waals surface area contributed by atoms with Crippen LogP contribution in [0.3, 0.4) is 0 Å². The summed E-state index contributed by atoms with van der Waals surface area (Å²) in [6.07, 6.45) is 5.07. The van der Waals surface area contributed by atoms with Crippen LogP contribution in [0.5, 0.6) is 0 Å². The number of unbranched alkanes of at least 4 members (excludes halogenated alkanes) is 1. The van der Waals surface area contributed by atoms with Crippen LogP contribution in [0.2, 0.25) is 0 Å². The summed E-state index contributed by atoms with van der Waals surface area (Å²) in [7, 11) is 0. The van der Waals surface area contributed by atoms with E-state index >= 15 is 0 Å². The van der Waals surface area contributed by atoms with E-state index in [9.17, 15) is 0 Å². The van der Waals surface area contributed by atoms with Crippen molar-refractivity contribution in [3.63, 3.8) is 0 Å². The summed E-state index contributed by atoms with van der Waals surface area (Å²) in [5.74, 6) is 0.487. The Morgan fingerprint density at radius 3 is 2.84 bits per heavy atom. The Morgan fingerprint density at radius 2 is 2.16 bits per heavy atom. The molecule has 2 rings (SSSR count). The molecule has 6 heteroatoms. The van der Waals surface area contributed by atoms with Crippen LogP contribution in [0.4, 0.5) is 0 Å². The van der Waals surface area contributed by atoms with Gasteiger partial charge in [0.25, 0.3) is 0 Å². The molecule has 0 unspecified atom stereocenters. The van der Waals surface area contributed by atoms with Crippen molar-refractivity contribution in [2.24, 2.45) is 5.73 Å². The molecule has 2 heterocycles. The Labute approximate surface area is 117 Å². The second kappa shape index (κ2) is 6.77. The first-order valence-electron chi connectivity index (χ1n) is 6.72. The maximum absolute atomic E-state index is 5.48. The van der Waals surface area contributed by atoms with E-state index in [0.29, 0.717) is 12.5 Å². The number of aromatic nitrogens is 4. The largest absolute Gasteiger partial charge is 0.330 e. The minimum Gasteiger partial charge on any atom is -0.330 e. The predicted molar refractivity (Wildman–Crippen MR) is 77.3 cm³/mol. The number of rotatable bonds is 7. The molecular weight excluding hydrogens is 258 g/mol. The van der Waals surface area contributed by atoms with Crippen molar-refractivity contribution in [1.29, 1.82) is 0 Å². The van der Waals surface area contributed by atoms with Gasteiger partial charge in [0.05, 0.1) is 22.9 Å². The van der Waals surface area contributed by atoms with Crippen LogP contribution in [0.15, 0.2) is 11.6 Å². The Hall–Kier alpha value is -1.27. The van der Waals surface area contributed by atoms with Crippen molar-refractivity contribution in [2.45, 2.75) is 45.6 Å². The quantitative estimate of drug-likeness (QED) is 0.789. The van der Waals surface area contributed by atoms with Crippen LogP contribution >= 0.6 is 11.3 Å². The fourth-order valence-corrected chi connectivity index (χ4v) is 2.63. The summed E-state index contributed by atoms with van der Waals surface area (Å²) in [6.45, 7) is 5.76. The molecule has 0 aromatic carbocycles. The first-order chi connectivity index (χ1) is 9.19. The zero-order valence-electron chi connectivity index (χ0n) is 11.5. The Bertz CT molecular complexity index is 503. The highest BCUT2D eigenvalue weighted by molar-refractivity contribution is 7.09. The molecule has 0 aliphatic rings. The van der Waals surface area contributed by atoms with Gasteiger partial charge in [-0.2, -0.15) is 0 Å². The topological polar surface area (TPSA) is 69.6 Å². The maximum atomic E-state index is 5.48. The average molecular weight is 279 g/mol. The normalized spacial score (nSPS) is 11.4. The van der Waals surface area contributed by atoms with Crippen LogP contribution < -0.4 is 5.73 Å². The first-order valence-corrected chi connectivity index (χ1v) is 7.60. The van der Waals surface area contributed by atoms with Crippen LogP contribution in [0.25, 0.3) is 0 Å². The summed E-state index contributed by atoms with van der Waals surface area (Å²) in [4.78, 5) is 4.60. The molecule has 0 spiro atoms. The molecule has 0 saturated heterocycles. The zero-order valence-corrected chi connectivity index (χ0v) is 12.4. The van der Waals surface area contributed by atoms with Crippen LogP contribution in [-0.2, 0) is 13.0 Å². The second-order valence-electron chi connectivity index (χ2n) is 4.99. The van der Waals surface area contributed by atoms with Crippen molar-refractivity contribution < 1.29 is 0 Å². The molecule has 0 atom stereocenters. The van der Waals surface area contributed by atoms with Crippen molar-refractivity contribution in [2.75, 3.05) is 6.54 Å². The number of thiazole rings is 1. The number of nitrogens with two attached hydrogens (primary N) is 1. The van der Waals surface area contributed by atoms with Gasteiger partial charge in [-0.05, 0) is 25.8 Å². The maximum Gasteiger partial charge on any atom is 0.0954 e. The highest BCUT2D eigenvalue weighted by Gasteiger charge is 2.07. The number of aryl methyl sites for hydroxylation is 1. The number of hydrogen-bond donors (Lipinski definition) is 1. The fraction of sp³-hybridized carbons (Fsp3) is 0.615. The third kappa shape index (κ3) is 4.11. The molecule has 0 aliphatic carbocycles. The summed E-state index contributed by atoms with van der Waals surface area (Å²) in [5.41, 5.74) is 7.58. The van der Waals surface area contributed by atoms with E-state index < -0.39 is 0 Å². The molecule has 0 aliphatic heterocycles. The van der Waals surface area contributed by atoms with E-state index in [-0.39, 0.29) is 0 Å². The monoisotopic (exact) mass is 279 g/mol.